The number of nitrogens with zero attached hydrogens (tertiary/aromatic N) is 2. The largest absolute Gasteiger partial charge is 0.313 e. The third-order valence-corrected chi connectivity index (χ3v) is 3.36. The van der Waals surface area contributed by atoms with Gasteiger partial charge in [0.05, 0.1) is 5.69 Å². The maximum Gasteiger partial charge on any atom is 0.0641 e. The van der Waals surface area contributed by atoms with Gasteiger partial charge in [0.25, 0.3) is 0 Å². The van der Waals surface area contributed by atoms with Gasteiger partial charge in [-0.2, -0.15) is 16.9 Å². The molecule has 1 heterocycles. The molecule has 0 aliphatic heterocycles. The van der Waals surface area contributed by atoms with Crippen LogP contribution in [0.2, 0.25) is 0 Å². The molecule has 0 spiro atoms. The third kappa shape index (κ3) is 3.54. The van der Waals surface area contributed by atoms with Crippen LogP contribution in [0.1, 0.15) is 23.4 Å². The number of thioether (sulfide) groups is 1. The van der Waals surface area contributed by atoms with Crippen molar-refractivity contribution in [3.63, 3.8) is 0 Å². The van der Waals surface area contributed by atoms with E-state index in [1.807, 2.05) is 23.5 Å². The molecule has 0 aromatic carbocycles. The van der Waals surface area contributed by atoms with Crippen molar-refractivity contribution in [2.24, 2.45) is 7.05 Å². The molecule has 0 radical (unpaired) electrons. The molecule has 1 rings (SSSR count). The number of nitrogens with one attached hydrogen (secondary N) is 1. The van der Waals surface area contributed by atoms with E-state index in [1.54, 1.807) is 0 Å². The molecule has 15 heavy (non-hydrogen) atoms. The van der Waals surface area contributed by atoms with Gasteiger partial charge in [0, 0.05) is 24.8 Å². The van der Waals surface area contributed by atoms with Crippen molar-refractivity contribution in [1.29, 1.82) is 0 Å². The lowest BCUT2D eigenvalue weighted by molar-refractivity contribution is 0.672. The van der Waals surface area contributed by atoms with Gasteiger partial charge in [0.1, 0.15) is 0 Å². The molecule has 1 N–H and O–H groups in total. The van der Waals surface area contributed by atoms with Crippen LogP contribution in [0, 0.1) is 13.8 Å². The number of hydrogen-bond acceptors (Lipinski definition) is 3. The van der Waals surface area contributed by atoms with Crippen molar-refractivity contribution in [1.82, 2.24) is 15.1 Å². The number of aryl methyl sites for hydroxylation is 2. The Morgan fingerprint density at radius 3 is 2.67 bits per heavy atom. The lowest BCUT2D eigenvalue weighted by atomic mass is 10.2. The summed E-state index contributed by atoms with van der Waals surface area (Å²) >= 11 is 1.90. The van der Waals surface area contributed by atoms with E-state index in [0.717, 1.165) is 18.8 Å². The molecule has 0 atom stereocenters. The molecule has 3 nitrogen and oxygen atoms in total. The van der Waals surface area contributed by atoms with Gasteiger partial charge in [-0.05, 0) is 38.8 Å². The summed E-state index contributed by atoms with van der Waals surface area (Å²) < 4.78 is 1.95. The molecule has 1 aromatic rings. The summed E-state index contributed by atoms with van der Waals surface area (Å²) in [5.74, 6) is 1.23. The summed E-state index contributed by atoms with van der Waals surface area (Å²) in [4.78, 5) is 0. The van der Waals surface area contributed by atoms with Crippen LogP contribution in [0.25, 0.3) is 0 Å². The molecular weight excluding hydrogens is 206 g/mol. The first kappa shape index (κ1) is 12.6. The second-order valence-electron chi connectivity index (χ2n) is 3.80. The smallest absolute Gasteiger partial charge is 0.0641 e. The van der Waals surface area contributed by atoms with Gasteiger partial charge in [-0.3, -0.25) is 4.68 Å². The molecule has 0 aliphatic carbocycles. The minimum absolute atomic E-state index is 0.944. The standard InChI is InChI=1S/C11H21N3S/c1-9-11(10(2)14(3)13-9)8-12-6-5-7-15-4/h12H,5-8H2,1-4H3. The van der Waals surface area contributed by atoms with Crippen molar-refractivity contribution in [3.8, 4) is 0 Å². The lowest BCUT2D eigenvalue weighted by Gasteiger charge is -2.04. The zero-order valence-corrected chi connectivity index (χ0v) is 10.9. The zero-order valence-electron chi connectivity index (χ0n) is 10.1. The van der Waals surface area contributed by atoms with E-state index in [0.29, 0.717) is 0 Å². The molecule has 1 aromatic heterocycles. The predicted octanol–water partition coefficient (Wildman–Crippen LogP) is 1.88. The number of hydrogen-bond donors (Lipinski definition) is 1. The molecule has 0 bridgehead atoms. The van der Waals surface area contributed by atoms with Crippen molar-refractivity contribution in [2.75, 3.05) is 18.6 Å². The normalized spacial score (nSPS) is 10.9. The molecular formula is C11H21N3S. The van der Waals surface area contributed by atoms with Gasteiger partial charge < -0.3 is 5.32 Å². The van der Waals surface area contributed by atoms with E-state index in [4.69, 9.17) is 0 Å². The van der Waals surface area contributed by atoms with Crippen LogP contribution in [0.4, 0.5) is 0 Å². The Hall–Kier alpha value is -0.480. The Balaban J connectivity index is 2.37. The van der Waals surface area contributed by atoms with Crippen LogP contribution < -0.4 is 5.32 Å². The first-order valence-corrected chi connectivity index (χ1v) is 6.75. The fourth-order valence-electron chi connectivity index (χ4n) is 1.63. The molecule has 0 saturated heterocycles. The van der Waals surface area contributed by atoms with E-state index in [1.165, 1.54) is 23.4 Å². The first-order chi connectivity index (χ1) is 7.16. The SMILES string of the molecule is CSCCCNCc1c(C)nn(C)c1C. The van der Waals surface area contributed by atoms with Gasteiger partial charge in [-0.25, -0.2) is 0 Å². The van der Waals surface area contributed by atoms with Gasteiger partial charge in [-0.1, -0.05) is 0 Å². The van der Waals surface area contributed by atoms with Crippen molar-refractivity contribution < 1.29 is 0 Å². The Labute approximate surface area is 96.6 Å². The first-order valence-electron chi connectivity index (χ1n) is 5.35. The molecule has 0 unspecified atom stereocenters. The second-order valence-corrected chi connectivity index (χ2v) is 4.78. The Morgan fingerprint density at radius 2 is 2.13 bits per heavy atom. The summed E-state index contributed by atoms with van der Waals surface area (Å²) in [6, 6.07) is 0. The van der Waals surface area contributed by atoms with Crippen LogP contribution in [-0.4, -0.2) is 28.3 Å². The monoisotopic (exact) mass is 227 g/mol. The van der Waals surface area contributed by atoms with E-state index < -0.39 is 0 Å². The minimum Gasteiger partial charge on any atom is -0.313 e. The van der Waals surface area contributed by atoms with Crippen LogP contribution in [0.3, 0.4) is 0 Å². The van der Waals surface area contributed by atoms with Gasteiger partial charge in [0.15, 0.2) is 0 Å². The molecule has 0 fully saturated rings. The Bertz CT molecular complexity index is 307. The highest BCUT2D eigenvalue weighted by atomic mass is 32.2. The Kier molecular flexibility index (Phi) is 5.19. The summed E-state index contributed by atoms with van der Waals surface area (Å²) in [5, 5.41) is 7.86. The predicted molar refractivity (Wildman–Crippen MR) is 67.4 cm³/mol. The number of rotatable bonds is 6. The van der Waals surface area contributed by atoms with Crippen LogP contribution in [0.5, 0.6) is 0 Å². The highest BCUT2D eigenvalue weighted by Crippen LogP contribution is 2.10. The van der Waals surface area contributed by atoms with Crippen molar-refractivity contribution in [3.05, 3.63) is 17.0 Å². The maximum absolute atomic E-state index is 4.40. The third-order valence-electron chi connectivity index (χ3n) is 2.66. The fraction of sp³-hybridized carbons (Fsp3) is 0.727. The average molecular weight is 227 g/mol. The quantitative estimate of drug-likeness (QED) is 0.753. The fourth-order valence-corrected chi connectivity index (χ4v) is 2.06. The minimum atomic E-state index is 0.944. The summed E-state index contributed by atoms with van der Waals surface area (Å²) in [5.41, 5.74) is 3.76. The van der Waals surface area contributed by atoms with Crippen LogP contribution in [-0.2, 0) is 13.6 Å². The van der Waals surface area contributed by atoms with Gasteiger partial charge in [0.2, 0.25) is 0 Å². The molecule has 0 saturated carbocycles. The van der Waals surface area contributed by atoms with Gasteiger partial charge in [-0.15, -0.1) is 0 Å². The summed E-state index contributed by atoms with van der Waals surface area (Å²) in [7, 11) is 2.00. The zero-order chi connectivity index (χ0) is 11.3. The van der Waals surface area contributed by atoms with E-state index in [-0.39, 0.29) is 0 Å². The highest BCUT2D eigenvalue weighted by Gasteiger charge is 2.07. The Morgan fingerprint density at radius 1 is 1.40 bits per heavy atom. The molecule has 86 valence electrons. The van der Waals surface area contributed by atoms with Crippen LogP contribution >= 0.6 is 11.8 Å². The van der Waals surface area contributed by atoms with E-state index >= 15 is 0 Å². The van der Waals surface area contributed by atoms with E-state index in [9.17, 15) is 0 Å². The molecule has 0 aliphatic rings. The number of aromatic nitrogens is 2. The van der Waals surface area contributed by atoms with Crippen molar-refractivity contribution in [2.45, 2.75) is 26.8 Å². The molecule has 4 heteroatoms. The van der Waals surface area contributed by atoms with Crippen LogP contribution in [0.15, 0.2) is 0 Å². The second kappa shape index (κ2) is 6.18. The van der Waals surface area contributed by atoms with Crippen molar-refractivity contribution >= 4 is 11.8 Å². The van der Waals surface area contributed by atoms with Gasteiger partial charge >= 0.3 is 0 Å². The lowest BCUT2D eigenvalue weighted by Crippen LogP contribution is -2.16. The van der Waals surface area contributed by atoms with E-state index in [2.05, 4.69) is 30.5 Å². The highest BCUT2D eigenvalue weighted by molar-refractivity contribution is 7.98. The topological polar surface area (TPSA) is 29.9 Å². The maximum atomic E-state index is 4.40. The average Bonchev–Trinajstić information content (AvgIpc) is 2.44. The molecule has 0 amide bonds. The summed E-state index contributed by atoms with van der Waals surface area (Å²) in [6.07, 6.45) is 3.38. The summed E-state index contributed by atoms with van der Waals surface area (Å²) in [6.45, 7) is 6.24.